The lowest BCUT2D eigenvalue weighted by atomic mass is 10.1. The second-order valence-electron chi connectivity index (χ2n) is 5.38. The van der Waals surface area contributed by atoms with Gasteiger partial charge in [0, 0.05) is 32.1 Å². The number of carbonyl (C=O) groups excluding carboxylic acids is 2. The fraction of sp³-hybridized carbons (Fsp3) is 0.438. The third-order valence-electron chi connectivity index (χ3n) is 3.35. The molecule has 0 bridgehead atoms. The van der Waals surface area contributed by atoms with Crippen LogP contribution >= 0.6 is 0 Å². The van der Waals surface area contributed by atoms with Gasteiger partial charge in [0.25, 0.3) is 5.91 Å². The van der Waals surface area contributed by atoms with Crippen LogP contribution in [0.3, 0.4) is 0 Å². The molecule has 0 heterocycles. The maximum Gasteiger partial charge on any atom is 0.308 e. The molecule has 0 aromatic heterocycles. The minimum Gasteiger partial charge on any atom is -0.481 e. The Hall–Kier alpha value is -2.44. The van der Waals surface area contributed by atoms with Gasteiger partial charge in [-0.15, -0.1) is 0 Å². The van der Waals surface area contributed by atoms with Crippen LogP contribution in [0.2, 0.25) is 0 Å². The fourth-order valence-electron chi connectivity index (χ4n) is 1.93. The number of aliphatic carboxylic acids is 1. The third kappa shape index (κ3) is 6.46. The zero-order chi connectivity index (χ0) is 17.4. The quantitative estimate of drug-likeness (QED) is 0.710. The van der Waals surface area contributed by atoms with Gasteiger partial charge in [-0.25, -0.2) is 4.39 Å². The molecular formula is C16H21FN2O4. The standard InChI is InChI=1S/C16H21FN2O4/c1-11(16(22)23)10-19(2)14(20)4-3-9-18-15(21)12-5-7-13(17)8-6-12/h5-8,11H,3-4,9-10H2,1-2H3,(H,18,21)(H,22,23). The number of hydrogen-bond acceptors (Lipinski definition) is 3. The molecule has 23 heavy (non-hydrogen) atoms. The monoisotopic (exact) mass is 324 g/mol. The SMILES string of the molecule is CC(CN(C)C(=O)CCCNC(=O)c1ccc(F)cc1)C(=O)O. The largest absolute Gasteiger partial charge is 0.481 e. The van der Waals surface area contributed by atoms with Gasteiger partial charge in [0.2, 0.25) is 5.91 Å². The minimum absolute atomic E-state index is 0.149. The van der Waals surface area contributed by atoms with E-state index in [2.05, 4.69) is 5.32 Å². The zero-order valence-corrected chi connectivity index (χ0v) is 13.2. The van der Waals surface area contributed by atoms with Crippen LogP contribution in [-0.2, 0) is 9.59 Å². The molecule has 0 aliphatic rings. The molecule has 2 N–H and O–H groups in total. The van der Waals surface area contributed by atoms with Gasteiger partial charge in [-0.05, 0) is 30.7 Å². The molecule has 0 spiro atoms. The molecule has 1 unspecified atom stereocenters. The molecule has 126 valence electrons. The molecule has 7 heteroatoms. The molecule has 6 nitrogen and oxygen atoms in total. The van der Waals surface area contributed by atoms with Crippen LogP contribution in [0.4, 0.5) is 4.39 Å². The van der Waals surface area contributed by atoms with Gasteiger partial charge in [0.15, 0.2) is 0 Å². The Morgan fingerprint density at radius 2 is 1.87 bits per heavy atom. The summed E-state index contributed by atoms with van der Waals surface area (Å²) in [5.41, 5.74) is 0.352. The van der Waals surface area contributed by atoms with Crippen LogP contribution in [0.5, 0.6) is 0 Å². The topological polar surface area (TPSA) is 86.7 Å². The van der Waals surface area contributed by atoms with Crippen molar-refractivity contribution < 1.29 is 23.9 Å². The number of nitrogens with one attached hydrogen (secondary N) is 1. The Kier molecular flexibility index (Phi) is 7.18. The smallest absolute Gasteiger partial charge is 0.308 e. The lowest BCUT2D eigenvalue weighted by molar-refractivity contribution is -0.142. The number of carbonyl (C=O) groups is 3. The van der Waals surface area contributed by atoms with Crippen LogP contribution in [-0.4, -0.2) is 47.9 Å². The summed E-state index contributed by atoms with van der Waals surface area (Å²) in [7, 11) is 1.55. The van der Waals surface area contributed by atoms with E-state index in [4.69, 9.17) is 5.11 Å². The lowest BCUT2D eigenvalue weighted by Gasteiger charge is -2.19. The van der Waals surface area contributed by atoms with Crippen molar-refractivity contribution in [3.8, 4) is 0 Å². The normalized spacial score (nSPS) is 11.6. The van der Waals surface area contributed by atoms with Crippen LogP contribution in [0.1, 0.15) is 30.1 Å². The van der Waals surface area contributed by atoms with Gasteiger partial charge in [0.05, 0.1) is 5.92 Å². The maximum atomic E-state index is 12.8. The number of halogens is 1. The summed E-state index contributed by atoms with van der Waals surface area (Å²) < 4.78 is 12.8. The van der Waals surface area contributed by atoms with E-state index in [-0.39, 0.29) is 24.8 Å². The van der Waals surface area contributed by atoms with Crippen LogP contribution in [0.25, 0.3) is 0 Å². The summed E-state index contributed by atoms with van der Waals surface area (Å²) in [6.07, 6.45) is 0.657. The van der Waals surface area contributed by atoms with Crippen molar-refractivity contribution in [1.82, 2.24) is 10.2 Å². The average Bonchev–Trinajstić information content (AvgIpc) is 2.51. The molecule has 1 atom stereocenters. The minimum atomic E-state index is -0.948. The van der Waals surface area contributed by atoms with Crippen molar-refractivity contribution in [3.05, 3.63) is 35.6 Å². The molecule has 0 saturated heterocycles. The predicted molar refractivity (Wildman–Crippen MR) is 82.4 cm³/mol. The van der Waals surface area contributed by atoms with Crippen molar-refractivity contribution >= 4 is 17.8 Å². The van der Waals surface area contributed by atoms with E-state index in [1.165, 1.54) is 36.1 Å². The Bertz CT molecular complexity index is 560. The fourth-order valence-corrected chi connectivity index (χ4v) is 1.93. The molecule has 1 aromatic carbocycles. The molecule has 0 aliphatic heterocycles. The van der Waals surface area contributed by atoms with Gasteiger partial charge in [-0.3, -0.25) is 14.4 Å². The van der Waals surface area contributed by atoms with E-state index < -0.39 is 17.7 Å². The molecule has 0 fully saturated rings. The molecule has 0 saturated carbocycles. The summed E-state index contributed by atoms with van der Waals surface area (Å²) >= 11 is 0. The number of amides is 2. The van der Waals surface area contributed by atoms with E-state index >= 15 is 0 Å². The van der Waals surface area contributed by atoms with Gasteiger partial charge in [-0.1, -0.05) is 6.92 Å². The molecular weight excluding hydrogens is 303 g/mol. The summed E-state index contributed by atoms with van der Waals surface area (Å²) in [4.78, 5) is 35.7. The van der Waals surface area contributed by atoms with E-state index in [1.54, 1.807) is 7.05 Å². The van der Waals surface area contributed by atoms with Crippen LogP contribution < -0.4 is 5.32 Å². The van der Waals surface area contributed by atoms with Crippen molar-refractivity contribution in [2.24, 2.45) is 5.92 Å². The highest BCUT2D eigenvalue weighted by atomic mass is 19.1. The first-order chi connectivity index (χ1) is 10.8. The first-order valence-electron chi connectivity index (χ1n) is 7.31. The number of nitrogens with zero attached hydrogens (tertiary/aromatic N) is 1. The van der Waals surface area contributed by atoms with E-state index in [1.807, 2.05) is 0 Å². The maximum absolute atomic E-state index is 12.8. The van der Waals surface area contributed by atoms with Crippen LogP contribution in [0, 0.1) is 11.7 Å². The second-order valence-corrected chi connectivity index (χ2v) is 5.38. The molecule has 0 aliphatic carbocycles. The lowest BCUT2D eigenvalue weighted by Crippen LogP contribution is -2.34. The van der Waals surface area contributed by atoms with Crippen LogP contribution in [0.15, 0.2) is 24.3 Å². The highest BCUT2D eigenvalue weighted by Crippen LogP contribution is 2.04. The van der Waals surface area contributed by atoms with Gasteiger partial charge < -0.3 is 15.3 Å². The zero-order valence-electron chi connectivity index (χ0n) is 13.2. The molecule has 1 aromatic rings. The predicted octanol–water partition coefficient (Wildman–Crippen LogP) is 1.51. The average molecular weight is 324 g/mol. The van der Waals surface area contributed by atoms with Crippen molar-refractivity contribution in [1.29, 1.82) is 0 Å². The van der Waals surface area contributed by atoms with Crippen molar-refractivity contribution in [3.63, 3.8) is 0 Å². The van der Waals surface area contributed by atoms with E-state index in [9.17, 15) is 18.8 Å². The summed E-state index contributed by atoms with van der Waals surface area (Å²) in [6, 6.07) is 5.18. The third-order valence-corrected chi connectivity index (χ3v) is 3.35. The summed E-state index contributed by atoms with van der Waals surface area (Å²) in [6.45, 7) is 2.00. The summed E-state index contributed by atoms with van der Waals surface area (Å²) in [5.74, 6) is -2.48. The Labute approximate surface area is 134 Å². The number of rotatable bonds is 8. The van der Waals surface area contributed by atoms with Gasteiger partial charge in [-0.2, -0.15) is 0 Å². The Balaban J connectivity index is 2.28. The summed E-state index contributed by atoms with van der Waals surface area (Å²) in [5, 5.41) is 11.4. The second kappa shape index (κ2) is 8.87. The first kappa shape index (κ1) is 18.6. The molecule has 2 amide bonds. The number of benzene rings is 1. The van der Waals surface area contributed by atoms with Crippen molar-refractivity contribution in [2.75, 3.05) is 20.1 Å². The van der Waals surface area contributed by atoms with E-state index in [0.717, 1.165) is 0 Å². The Morgan fingerprint density at radius 1 is 1.26 bits per heavy atom. The van der Waals surface area contributed by atoms with Gasteiger partial charge >= 0.3 is 5.97 Å². The number of carboxylic acids is 1. The number of carboxylic acid groups (broad SMARTS) is 1. The Morgan fingerprint density at radius 3 is 2.43 bits per heavy atom. The van der Waals surface area contributed by atoms with E-state index in [0.29, 0.717) is 18.5 Å². The molecule has 0 radical (unpaired) electrons. The van der Waals surface area contributed by atoms with Gasteiger partial charge in [0.1, 0.15) is 5.82 Å². The first-order valence-corrected chi connectivity index (χ1v) is 7.31. The van der Waals surface area contributed by atoms with Crippen molar-refractivity contribution in [2.45, 2.75) is 19.8 Å². The number of hydrogen-bond donors (Lipinski definition) is 2. The molecule has 1 rings (SSSR count). The highest BCUT2D eigenvalue weighted by Gasteiger charge is 2.17. The highest BCUT2D eigenvalue weighted by molar-refractivity contribution is 5.94.